The highest BCUT2D eigenvalue weighted by atomic mass is 15.2. The van der Waals surface area contributed by atoms with E-state index in [-0.39, 0.29) is 0 Å². The minimum Gasteiger partial charge on any atom is -0.308 e. The topological polar surface area (TPSA) is 16.1 Å². The summed E-state index contributed by atoms with van der Waals surface area (Å²) in [6.45, 7) is 0. The van der Waals surface area contributed by atoms with E-state index in [0.717, 1.165) is 25.7 Å². The number of fused-ring (bicyclic) bond motifs is 11. The molecule has 0 saturated heterocycles. The van der Waals surface area contributed by atoms with E-state index in [1.54, 1.807) is 0 Å². The van der Waals surface area contributed by atoms with Crippen LogP contribution in [-0.4, -0.2) is 4.98 Å². The Morgan fingerprint density at radius 1 is 0.543 bits per heavy atom. The molecule has 0 N–H and O–H groups in total. The van der Waals surface area contributed by atoms with Gasteiger partial charge >= 0.3 is 0 Å². The minimum atomic E-state index is 0.896. The average Bonchev–Trinajstić information content (AvgIpc) is 3.45. The van der Waals surface area contributed by atoms with Gasteiger partial charge in [-0.25, -0.2) is 0 Å². The Balaban J connectivity index is 1.31. The molecule has 0 saturated carbocycles. The molecule has 35 heavy (non-hydrogen) atoms. The summed E-state index contributed by atoms with van der Waals surface area (Å²) in [4.78, 5) is 7.43. The Bertz CT molecular complexity index is 1760. The summed E-state index contributed by atoms with van der Waals surface area (Å²) in [5.41, 5.74) is 20.9. The molecule has 164 valence electrons. The standard InChI is InChI=1S/C33H22N2/c1-3-7-25-19(5-1)14-23-18-31-24(16-27(23)25)17-29-33-22(11-12-34-29)15-28-30(35(31)33)10-9-21-13-20-6-2-4-8-26(20)32(21)28/h1-12,16,18H,13-15,17H2. The van der Waals surface area contributed by atoms with Crippen LogP contribution in [0.4, 0.5) is 17.1 Å². The van der Waals surface area contributed by atoms with Crippen molar-refractivity contribution in [3.8, 4) is 22.3 Å². The summed E-state index contributed by atoms with van der Waals surface area (Å²) < 4.78 is 0. The number of hydrogen-bond acceptors (Lipinski definition) is 2. The smallest absolute Gasteiger partial charge is 0.0716 e. The maximum atomic E-state index is 4.89. The molecular weight excluding hydrogens is 424 g/mol. The van der Waals surface area contributed by atoms with Crippen LogP contribution in [0, 0.1) is 0 Å². The SMILES string of the molecule is c1ccc2c(c1)Cc1cc3c(cc1-2)Cc1nccc2c1N3c1ccc3c(c1C2)-c1ccccc1C3. The van der Waals surface area contributed by atoms with Crippen LogP contribution in [0.25, 0.3) is 22.3 Å². The molecule has 4 aromatic carbocycles. The van der Waals surface area contributed by atoms with Crippen molar-refractivity contribution in [1.82, 2.24) is 4.98 Å². The maximum absolute atomic E-state index is 4.89. The first-order chi connectivity index (χ1) is 17.3. The van der Waals surface area contributed by atoms with E-state index in [4.69, 9.17) is 4.98 Å². The molecule has 0 amide bonds. The number of benzene rings is 4. The zero-order chi connectivity index (χ0) is 22.7. The average molecular weight is 447 g/mol. The van der Waals surface area contributed by atoms with Gasteiger partial charge in [-0.15, -0.1) is 0 Å². The van der Waals surface area contributed by atoms with Crippen LogP contribution < -0.4 is 4.90 Å². The molecule has 0 spiro atoms. The molecule has 2 aliphatic heterocycles. The van der Waals surface area contributed by atoms with E-state index in [0.29, 0.717) is 0 Å². The molecule has 0 radical (unpaired) electrons. The van der Waals surface area contributed by atoms with Gasteiger partial charge in [0, 0.05) is 19.0 Å². The number of aromatic nitrogens is 1. The maximum Gasteiger partial charge on any atom is 0.0716 e. The Hall–Kier alpha value is -4.17. The van der Waals surface area contributed by atoms with E-state index in [1.165, 1.54) is 84.0 Å². The van der Waals surface area contributed by atoms with Crippen LogP contribution in [0.5, 0.6) is 0 Å². The van der Waals surface area contributed by atoms with Crippen molar-refractivity contribution in [2.45, 2.75) is 25.7 Å². The van der Waals surface area contributed by atoms with Gasteiger partial charge in [0.2, 0.25) is 0 Å². The van der Waals surface area contributed by atoms with Crippen LogP contribution >= 0.6 is 0 Å². The normalized spacial score (nSPS) is 14.9. The number of hydrogen-bond donors (Lipinski definition) is 0. The van der Waals surface area contributed by atoms with E-state index < -0.39 is 0 Å². The first-order valence-electron chi connectivity index (χ1n) is 12.6. The number of nitrogens with zero attached hydrogens (tertiary/aromatic N) is 2. The van der Waals surface area contributed by atoms with Crippen LogP contribution in [-0.2, 0) is 25.7 Å². The predicted octanol–water partition coefficient (Wildman–Crippen LogP) is 7.50. The first kappa shape index (κ1) is 18.2. The lowest BCUT2D eigenvalue weighted by molar-refractivity contribution is 0.959. The van der Waals surface area contributed by atoms with Crippen LogP contribution in [0.1, 0.15) is 44.6 Å². The van der Waals surface area contributed by atoms with Crippen LogP contribution in [0.2, 0.25) is 0 Å². The number of anilines is 3. The van der Waals surface area contributed by atoms with Gasteiger partial charge in [-0.05, 0) is 98.3 Å². The van der Waals surface area contributed by atoms with Gasteiger partial charge in [0.15, 0.2) is 0 Å². The summed E-state index contributed by atoms with van der Waals surface area (Å²) >= 11 is 0. The summed E-state index contributed by atoms with van der Waals surface area (Å²) in [6.07, 6.45) is 5.94. The molecule has 3 heterocycles. The quantitative estimate of drug-likeness (QED) is 0.240. The van der Waals surface area contributed by atoms with Crippen molar-refractivity contribution in [2.75, 3.05) is 4.90 Å². The molecule has 9 rings (SSSR count). The lowest BCUT2D eigenvalue weighted by Gasteiger charge is -2.39. The van der Waals surface area contributed by atoms with Crippen molar-refractivity contribution in [1.29, 1.82) is 0 Å². The molecule has 2 aliphatic carbocycles. The molecule has 2 heteroatoms. The fourth-order valence-corrected chi connectivity index (χ4v) is 7.07. The van der Waals surface area contributed by atoms with Gasteiger partial charge in [-0.2, -0.15) is 0 Å². The molecule has 0 fully saturated rings. The van der Waals surface area contributed by atoms with Crippen molar-refractivity contribution in [3.05, 3.63) is 130 Å². The van der Waals surface area contributed by atoms with Gasteiger partial charge < -0.3 is 4.90 Å². The Labute approximate surface area is 204 Å². The highest BCUT2D eigenvalue weighted by Gasteiger charge is 2.36. The third-order valence-electron chi connectivity index (χ3n) is 8.55. The van der Waals surface area contributed by atoms with E-state index in [2.05, 4.69) is 83.8 Å². The van der Waals surface area contributed by atoms with E-state index in [9.17, 15) is 0 Å². The second kappa shape index (κ2) is 6.28. The molecule has 1 aromatic heterocycles. The van der Waals surface area contributed by atoms with Crippen molar-refractivity contribution >= 4 is 17.1 Å². The van der Waals surface area contributed by atoms with Crippen molar-refractivity contribution in [2.24, 2.45) is 0 Å². The third kappa shape index (κ3) is 2.27. The zero-order valence-corrected chi connectivity index (χ0v) is 19.3. The Morgan fingerprint density at radius 3 is 2.26 bits per heavy atom. The molecule has 4 aliphatic rings. The third-order valence-corrected chi connectivity index (χ3v) is 8.55. The Kier molecular flexibility index (Phi) is 3.27. The zero-order valence-electron chi connectivity index (χ0n) is 19.3. The largest absolute Gasteiger partial charge is 0.308 e. The molecule has 2 nitrogen and oxygen atoms in total. The summed E-state index contributed by atoms with van der Waals surface area (Å²) in [5, 5.41) is 0. The predicted molar refractivity (Wildman–Crippen MR) is 141 cm³/mol. The van der Waals surface area contributed by atoms with Gasteiger partial charge in [-0.1, -0.05) is 54.6 Å². The molecule has 0 unspecified atom stereocenters. The van der Waals surface area contributed by atoms with E-state index in [1.807, 2.05) is 6.20 Å². The van der Waals surface area contributed by atoms with Crippen molar-refractivity contribution < 1.29 is 0 Å². The second-order valence-corrected chi connectivity index (χ2v) is 10.4. The van der Waals surface area contributed by atoms with Gasteiger partial charge in [0.05, 0.1) is 22.8 Å². The lowest BCUT2D eigenvalue weighted by atomic mass is 9.84. The molecule has 0 bridgehead atoms. The number of rotatable bonds is 0. The van der Waals surface area contributed by atoms with Gasteiger partial charge in [0.1, 0.15) is 0 Å². The summed E-state index contributed by atoms with van der Waals surface area (Å²) in [7, 11) is 0. The second-order valence-electron chi connectivity index (χ2n) is 10.4. The molecular formula is C33H22N2. The van der Waals surface area contributed by atoms with Gasteiger partial charge in [0.25, 0.3) is 0 Å². The van der Waals surface area contributed by atoms with Crippen LogP contribution in [0.3, 0.4) is 0 Å². The summed E-state index contributed by atoms with van der Waals surface area (Å²) in [5.74, 6) is 0. The minimum absolute atomic E-state index is 0.896. The fraction of sp³-hybridized carbons (Fsp3) is 0.121. The summed E-state index contributed by atoms with van der Waals surface area (Å²) in [6, 6.07) is 29.7. The number of pyridine rings is 1. The van der Waals surface area contributed by atoms with Crippen molar-refractivity contribution in [3.63, 3.8) is 0 Å². The van der Waals surface area contributed by atoms with Gasteiger partial charge in [-0.3, -0.25) is 4.98 Å². The first-order valence-corrected chi connectivity index (χ1v) is 12.6. The molecule has 0 atom stereocenters. The fourth-order valence-electron chi connectivity index (χ4n) is 7.07. The molecule has 5 aromatic rings. The lowest BCUT2D eigenvalue weighted by Crippen LogP contribution is -2.26. The monoisotopic (exact) mass is 446 g/mol. The van der Waals surface area contributed by atoms with Crippen LogP contribution in [0.15, 0.2) is 85.1 Å². The highest BCUT2D eigenvalue weighted by Crippen LogP contribution is 2.55. The Morgan fingerprint density at radius 2 is 1.34 bits per heavy atom. The van der Waals surface area contributed by atoms with E-state index >= 15 is 0 Å². The highest BCUT2D eigenvalue weighted by molar-refractivity contribution is 5.95.